The Morgan fingerprint density at radius 1 is 1.48 bits per heavy atom. The largest absolute Gasteiger partial charge is 0.480 e. The van der Waals surface area contributed by atoms with E-state index in [9.17, 15) is 14.4 Å². The number of nitrogen functional groups attached to an aromatic ring is 1. The number of carboxylic acid groups (broad SMARTS) is 1. The molecule has 0 saturated heterocycles. The van der Waals surface area contributed by atoms with Gasteiger partial charge in [-0.2, -0.15) is 4.98 Å². The number of nitrogens with zero attached hydrogens (tertiary/aromatic N) is 3. The zero-order chi connectivity index (χ0) is 16.0. The first kappa shape index (κ1) is 16.6. The van der Waals surface area contributed by atoms with Gasteiger partial charge in [-0.3, -0.25) is 14.2 Å². The van der Waals surface area contributed by atoms with Crippen molar-refractivity contribution in [1.29, 1.82) is 0 Å². The van der Waals surface area contributed by atoms with Crippen molar-refractivity contribution in [3.63, 3.8) is 0 Å². The van der Waals surface area contributed by atoms with Crippen molar-refractivity contribution in [2.45, 2.75) is 12.6 Å². The number of amides is 1. The van der Waals surface area contributed by atoms with E-state index in [1.54, 1.807) is 0 Å². The van der Waals surface area contributed by atoms with Gasteiger partial charge in [-0.15, -0.1) is 0 Å². The Balaban J connectivity index is 2.84. The lowest BCUT2D eigenvalue weighted by atomic mass is 10.3. The summed E-state index contributed by atoms with van der Waals surface area (Å²) >= 11 is 0. The molecule has 0 spiro atoms. The first-order chi connectivity index (χ1) is 9.83. The summed E-state index contributed by atoms with van der Waals surface area (Å²) in [4.78, 5) is 38.7. The van der Waals surface area contributed by atoms with Crippen LogP contribution in [0.2, 0.25) is 0 Å². The number of hydrogen-bond acceptors (Lipinski definition) is 7. The third-order valence-electron chi connectivity index (χ3n) is 2.57. The first-order valence-electron chi connectivity index (χ1n) is 6.02. The Labute approximate surface area is 119 Å². The number of carbonyl (C=O) groups is 2. The van der Waals surface area contributed by atoms with Crippen LogP contribution in [0.15, 0.2) is 17.1 Å². The second-order valence-corrected chi connectivity index (χ2v) is 4.37. The Morgan fingerprint density at radius 2 is 2.14 bits per heavy atom. The van der Waals surface area contributed by atoms with E-state index >= 15 is 0 Å². The summed E-state index contributed by atoms with van der Waals surface area (Å²) in [5.41, 5.74) is 10.1. The molecule has 0 aromatic carbocycles. The van der Waals surface area contributed by atoms with Crippen LogP contribution in [-0.2, 0) is 16.1 Å². The molecule has 0 bridgehead atoms. The van der Waals surface area contributed by atoms with Gasteiger partial charge in [0.2, 0.25) is 5.91 Å². The van der Waals surface area contributed by atoms with Crippen LogP contribution < -0.4 is 17.2 Å². The maximum absolute atomic E-state index is 12.0. The summed E-state index contributed by atoms with van der Waals surface area (Å²) in [7, 11) is 0. The van der Waals surface area contributed by atoms with Crippen LogP contribution >= 0.6 is 0 Å². The van der Waals surface area contributed by atoms with Crippen molar-refractivity contribution in [1.82, 2.24) is 14.5 Å². The topological polar surface area (TPSA) is 165 Å². The van der Waals surface area contributed by atoms with Crippen LogP contribution in [0.5, 0.6) is 0 Å². The molecule has 116 valence electrons. The maximum Gasteiger partial charge on any atom is 0.349 e. The highest BCUT2D eigenvalue weighted by Gasteiger charge is 2.20. The van der Waals surface area contributed by atoms with Crippen LogP contribution in [0.1, 0.15) is 0 Å². The van der Waals surface area contributed by atoms with E-state index in [1.807, 2.05) is 0 Å². The zero-order valence-corrected chi connectivity index (χ0v) is 11.2. The molecule has 1 atom stereocenters. The minimum atomic E-state index is -1.23. The van der Waals surface area contributed by atoms with Crippen molar-refractivity contribution < 1.29 is 19.8 Å². The molecule has 1 aromatic heterocycles. The van der Waals surface area contributed by atoms with Crippen LogP contribution in [-0.4, -0.2) is 62.3 Å². The van der Waals surface area contributed by atoms with E-state index in [0.29, 0.717) is 0 Å². The number of hydrogen-bond donors (Lipinski definition) is 4. The third kappa shape index (κ3) is 5.20. The van der Waals surface area contributed by atoms with Crippen molar-refractivity contribution in [2.75, 3.05) is 25.4 Å². The van der Waals surface area contributed by atoms with Gasteiger partial charge in [0, 0.05) is 18.8 Å². The van der Waals surface area contributed by atoms with Crippen LogP contribution in [0.3, 0.4) is 0 Å². The van der Waals surface area contributed by atoms with E-state index in [4.69, 9.17) is 21.7 Å². The van der Waals surface area contributed by atoms with Crippen molar-refractivity contribution in [2.24, 2.45) is 5.73 Å². The van der Waals surface area contributed by atoms with Gasteiger partial charge in [0.05, 0.1) is 6.61 Å². The van der Waals surface area contributed by atoms with Crippen LogP contribution in [0.25, 0.3) is 0 Å². The average molecular weight is 299 g/mol. The number of carboxylic acids is 1. The number of aromatic nitrogens is 2. The van der Waals surface area contributed by atoms with E-state index < -0.39 is 43.3 Å². The molecule has 0 aliphatic rings. The molecule has 1 rings (SSSR count). The molecule has 1 unspecified atom stereocenters. The summed E-state index contributed by atoms with van der Waals surface area (Å²) in [5, 5.41) is 17.7. The molecule has 0 saturated carbocycles. The third-order valence-corrected chi connectivity index (χ3v) is 2.57. The second-order valence-electron chi connectivity index (χ2n) is 4.37. The number of aliphatic hydroxyl groups excluding tert-OH is 1. The fraction of sp³-hybridized carbons (Fsp3) is 0.455. The quantitative estimate of drug-likeness (QED) is 0.415. The molecule has 1 heterocycles. The lowest BCUT2D eigenvalue weighted by Gasteiger charge is -2.23. The summed E-state index contributed by atoms with van der Waals surface area (Å²) in [6.45, 7) is -1.51. The molecule has 0 aliphatic heterocycles. The molecule has 10 heteroatoms. The standard InChI is InChI=1S/C11H17N5O5/c12-7(6-17)3-16(5-10(19)20)9(18)4-15-2-1-8(13)14-11(15)21/h1-2,7,17H,3-6,12H2,(H,19,20)(H2,13,14,21). The average Bonchev–Trinajstić information content (AvgIpc) is 2.40. The lowest BCUT2D eigenvalue weighted by molar-refractivity contribution is -0.145. The number of aliphatic hydroxyl groups is 1. The van der Waals surface area contributed by atoms with Gasteiger partial charge in [-0.1, -0.05) is 0 Å². The Bertz CT molecular complexity index is 572. The second kappa shape index (κ2) is 7.36. The summed E-state index contributed by atoms with van der Waals surface area (Å²) in [6.07, 6.45) is 1.29. The number of rotatable bonds is 7. The van der Waals surface area contributed by atoms with E-state index in [2.05, 4.69) is 4.98 Å². The van der Waals surface area contributed by atoms with E-state index in [-0.39, 0.29) is 12.4 Å². The predicted molar refractivity (Wildman–Crippen MR) is 72.2 cm³/mol. The molecule has 0 radical (unpaired) electrons. The molecule has 1 amide bonds. The lowest BCUT2D eigenvalue weighted by Crippen LogP contribution is -2.47. The first-order valence-corrected chi connectivity index (χ1v) is 6.02. The van der Waals surface area contributed by atoms with Gasteiger partial charge in [0.15, 0.2) is 0 Å². The smallest absolute Gasteiger partial charge is 0.349 e. The van der Waals surface area contributed by atoms with Crippen molar-refractivity contribution >= 4 is 17.7 Å². The van der Waals surface area contributed by atoms with Crippen LogP contribution in [0, 0.1) is 0 Å². The highest BCUT2D eigenvalue weighted by molar-refractivity contribution is 5.81. The van der Waals surface area contributed by atoms with Crippen molar-refractivity contribution in [3.8, 4) is 0 Å². The SMILES string of the molecule is Nc1ccn(CC(=O)N(CC(=O)O)CC(N)CO)c(=O)n1. The van der Waals surface area contributed by atoms with Gasteiger partial charge in [-0.25, -0.2) is 4.79 Å². The van der Waals surface area contributed by atoms with Gasteiger partial charge < -0.3 is 26.6 Å². The number of aliphatic carboxylic acids is 1. The fourth-order valence-electron chi connectivity index (χ4n) is 1.57. The molecule has 0 fully saturated rings. The Kier molecular flexibility index (Phi) is 5.81. The molecule has 21 heavy (non-hydrogen) atoms. The predicted octanol–water partition coefficient (Wildman–Crippen LogP) is -2.94. The highest BCUT2D eigenvalue weighted by Crippen LogP contribution is 1.97. The zero-order valence-electron chi connectivity index (χ0n) is 11.2. The fourth-order valence-corrected chi connectivity index (χ4v) is 1.57. The summed E-state index contributed by atoms with van der Waals surface area (Å²) in [6, 6.07) is 0.574. The van der Waals surface area contributed by atoms with E-state index in [1.165, 1.54) is 12.3 Å². The monoisotopic (exact) mass is 299 g/mol. The van der Waals surface area contributed by atoms with Gasteiger partial charge in [-0.05, 0) is 6.07 Å². The molecule has 6 N–H and O–H groups in total. The van der Waals surface area contributed by atoms with E-state index in [0.717, 1.165) is 9.47 Å². The maximum atomic E-state index is 12.0. The molecule has 10 nitrogen and oxygen atoms in total. The molecular weight excluding hydrogens is 282 g/mol. The van der Waals surface area contributed by atoms with Gasteiger partial charge >= 0.3 is 11.7 Å². The van der Waals surface area contributed by atoms with Crippen molar-refractivity contribution in [3.05, 3.63) is 22.7 Å². The number of carbonyl (C=O) groups excluding carboxylic acids is 1. The Hall–Kier alpha value is -2.46. The molecule has 1 aromatic rings. The van der Waals surface area contributed by atoms with Crippen LogP contribution in [0.4, 0.5) is 5.82 Å². The van der Waals surface area contributed by atoms with Gasteiger partial charge in [0.1, 0.15) is 18.9 Å². The summed E-state index contributed by atoms with van der Waals surface area (Å²) < 4.78 is 0.998. The Morgan fingerprint density at radius 3 is 2.67 bits per heavy atom. The highest BCUT2D eigenvalue weighted by atomic mass is 16.4. The number of nitrogens with two attached hydrogens (primary N) is 2. The minimum absolute atomic E-state index is 0.0217. The minimum Gasteiger partial charge on any atom is -0.480 e. The molecule has 0 aliphatic carbocycles. The number of anilines is 1. The summed E-state index contributed by atoms with van der Waals surface area (Å²) in [5.74, 6) is -1.83. The van der Waals surface area contributed by atoms with Gasteiger partial charge in [0.25, 0.3) is 0 Å². The normalized spacial score (nSPS) is 11.9. The molecular formula is C11H17N5O5.